The third-order valence-corrected chi connectivity index (χ3v) is 4.91. The van der Waals surface area contributed by atoms with Crippen molar-refractivity contribution in [1.29, 1.82) is 0 Å². The fourth-order valence-electron chi connectivity index (χ4n) is 2.17. The standard InChI is InChI=1S/C14H18O3S/c1-10-12(7-8-17-10)18-13(9-14(15)16)11-5-3-2-4-6-11/h2-6,10,12-13H,7-9H2,1H3,(H,15,16). The Morgan fingerprint density at radius 2 is 2.22 bits per heavy atom. The zero-order valence-electron chi connectivity index (χ0n) is 10.4. The number of aliphatic carboxylic acids is 1. The summed E-state index contributed by atoms with van der Waals surface area (Å²) in [5.74, 6) is -0.747. The van der Waals surface area contributed by atoms with Crippen molar-refractivity contribution in [3.63, 3.8) is 0 Å². The SMILES string of the molecule is CC1OCCC1SC(CC(=O)O)c1ccccc1. The van der Waals surface area contributed by atoms with Crippen LogP contribution in [-0.4, -0.2) is 29.0 Å². The average molecular weight is 266 g/mol. The van der Waals surface area contributed by atoms with E-state index in [-0.39, 0.29) is 17.8 Å². The summed E-state index contributed by atoms with van der Waals surface area (Å²) in [5, 5.41) is 9.45. The summed E-state index contributed by atoms with van der Waals surface area (Å²) in [6.07, 6.45) is 1.39. The van der Waals surface area contributed by atoms with Gasteiger partial charge in [-0.2, -0.15) is 0 Å². The molecule has 1 aromatic rings. The predicted octanol–water partition coefficient (Wildman–Crippen LogP) is 3.11. The molecule has 1 N–H and O–H groups in total. The van der Waals surface area contributed by atoms with E-state index < -0.39 is 5.97 Å². The second kappa shape index (κ2) is 6.25. The van der Waals surface area contributed by atoms with Gasteiger partial charge < -0.3 is 9.84 Å². The Morgan fingerprint density at radius 1 is 1.50 bits per heavy atom. The summed E-state index contributed by atoms with van der Waals surface area (Å²) in [4.78, 5) is 11.0. The van der Waals surface area contributed by atoms with E-state index in [4.69, 9.17) is 9.84 Å². The molecule has 4 heteroatoms. The molecule has 1 heterocycles. The summed E-state index contributed by atoms with van der Waals surface area (Å²) >= 11 is 1.74. The summed E-state index contributed by atoms with van der Waals surface area (Å²) in [7, 11) is 0. The smallest absolute Gasteiger partial charge is 0.304 e. The lowest BCUT2D eigenvalue weighted by atomic mass is 10.1. The van der Waals surface area contributed by atoms with Crippen LogP contribution in [-0.2, 0) is 9.53 Å². The van der Waals surface area contributed by atoms with Crippen molar-refractivity contribution in [2.24, 2.45) is 0 Å². The van der Waals surface area contributed by atoms with Crippen LogP contribution in [0.4, 0.5) is 0 Å². The van der Waals surface area contributed by atoms with Crippen molar-refractivity contribution in [1.82, 2.24) is 0 Å². The molecule has 18 heavy (non-hydrogen) atoms. The molecular weight excluding hydrogens is 248 g/mol. The first-order chi connectivity index (χ1) is 8.66. The highest BCUT2D eigenvalue weighted by atomic mass is 32.2. The predicted molar refractivity (Wildman–Crippen MR) is 72.8 cm³/mol. The lowest BCUT2D eigenvalue weighted by Crippen LogP contribution is -2.16. The van der Waals surface area contributed by atoms with Gasteiger partial charge in [-0.15, -0.1) is 11.8 Å². The highest BCUT2D eigenvalue weighted by Gasteiger charge is 2.29. The Morgan fingerprint density at radius 3 is 2.78 bits per heavy atom. The van der Waals surface area contributed by atoms with Gasteiger partial charge in [-0.1, -0.05) is 30.3 Å². The maximum Gasteiger partial charge on any atom is 0.304 e. The van der Waals surface area contributed by atoms with Gasteiger partial charge in [0.25, 0.3) is 0 Å². The molecule has 0 radical (unpaired) electrons. The molecule has 0 spiro atoms. The molecule has 1 aromatic carbocycles. The molecule has 3 nitrogen and oxygen atoms in total. The second-order valence-electron chi connectivity index (χ2n) is 4.54. The minimum absolute atomic E-state index is 0.0119. The molecule has 1 aliphatic rings. The van der Waals surface area contributed by atoms with Gasteiger partial charge in [0.15, 0.2) is 0 Å². The Kier molecular flexibility index (Phi) is 4.66. The Balaban J connectivity index is 2.08. The maximum absolute atomic E-state index is 11.0. The number of ether oxygens (including phenoxy) is 1. The van der Waals surface area contributed by atoms with E-state index in [9.17, 15) is 4.79 Å². The zero-order chi connectivity index (χ0) is 13.0. The number of carbonyl (C=O) groups is 1. The lowest BCUT2D eigenvalue weighted by molar-refractivity contribution is -0.137. The minimum atomic E-state index is -0.747. The van der Waals surface area contributed by atoms with Crippen LogP contribution < -0.4 is 0 Å². The number of thioether (sulfide) groups is 1. The topological polar surface area (TPSA) is 46.5 Å². The molecule has 3 unspecified atom stereocenters. The van der Waals surface area contributed by atoms with Gasteiger partial charge in [-0.3, -0.25) is 4.79 Å². The molecule has 0 bridgehead atoms. The van der Waals surface area contributed by atoms with E-state index in [1.54, 1.807) is 11.8 Å². The third-order valence-electron chi connectivity index (χ3n) is 3.18. The Labute approximate surface area is 112 Å². The van der Waals surface area contributed by atoms with Crippen molar-refractivity contribution in [2.75, 3.05) is 6.61 Å². The van der Waals surface area contributed by atoms with E-state index in [1.165, 1.54) is 0 Å². The van der Waals surface area contributed by atoms with E-state index in [1.807, 2.05) is 30.3 Å². The minimum Gasteiger partial charge on any atom is -0.481 e. The average Bonchev–Trinajstić information content (AvgIpc) is 2.75. The van der Waals surface area contributed by atoms with Crippen LogP contribution in [0.2, 0.25) is 0 Å². The second-order valence-corrected chi connectivity index (χ2v) is 5.98. The molecule has 0 saturated carbocycles. The number of hydrogen-bond donors (Lipinski definition) is 1. The molecule has 98 valence electrons. The van der Waals surface area contributed by atoms with Crippen LogP contribution in [0.1, 0.15) is 30.6 Å². The largest absolute Gasteiger partial charge is 0.481 e. The molecule has 1 fully saturated rings. The molecule has 2 rings (SSSR count). The number of carboxylic acids is 1. The van der Waals surface area contributed by atoms with Gasteiger partial charge >= 0.3 is 5.97 Å². The van der Waals surface area contributed by atoms with Crippen LogP contribution in [0, 0.1) is 0 Å². The highest BCUT2D eigenvalue weighted by Crippen LogP contribution is 2.39. The molecule has 3 atom stereocenters. The molecule has 0 aliphatic carbocycles. The van der Waals surface area contributed by atoms with Crippen LogP contribution in [0.25, 0.3) is 0 Å². The van der Waals surface area contributed by atoms with Gasteiger partial charge in [0, 0.05) is 17.1 Å². The summed E-state index contributed by atoms with van der Waals surface area (Å²) in [5.41, 5.74) is 1.09. The van der Waals surface area contributed by atoms with Crippen LogP contribution >= 0.6 is 11.8 Å². The maximum atomic E-state index is 11.0. The van der Waals surface area contributed by atoms with Crippen molar-refractivity contribution >= 4 is 17.7 Å². The van der Waals surface area contributed by atoms with E-state index >= 15 is 0 Å². The Bertz CT molecular complexity index is 393. The number of benzene rings is 1. The molecular formula is C14H18O3S. The fraction of sp³-hybridized carbons (Fsp3) is 0.500. The van der Waals surface area contributed by atoms with Crippen molar-refractivity contribution in [3.8, 4) is 0 Å². The molecule has 0 amide bonds. The van der Waals surface area contributed by atoms with E-state index in [0.29, 0.717) is 5.25 Å². The number of hydrogen-bond acceptors (Lipinski definition) is 3. The Hall–Kier alpha value is -1.00. The van der Waals surface area contributed by atoms with Gasteiger partial charge in [-0.25, -0.2) is 0 Å². The van der Waals surface area contributed by atoms with E-state index in [0.717, 1.165) is 18.6 Å². The molecule has 1 aliphatic heterocycles. The lowest BCUT2D eigenvalue weighted by Gasteiger charge is -2.21. The summed E-state index contributed by atoms with van der Waals surface area (Å²) in [6.45, 7) is 2.85. The fourth-order valence-corrected chi connectivity index (χ4v) is 3.68. The van der Waals surface area contributed by atoms with Gasteiger partial charge in [0.1, 0.15) is 0 Å². The number of rotatable bonds is 5. The van der Waals surface area contributed by atoms with E-state index in [2.05, 4.69) is 6.92 Å². The first-order valence-corrected chi connectivity index (χ1v) is 7.15. The van der Waals surface area contributed by atoms with Gasteiger partial charge in [-0.05, 0) is 18.9 Å². The molecule has 0 aromatic heterocycles. The zero-order valence-corrected chi connectivity index (χ0v) is 11.2. The van der Waals surface area contributed by atoms with Crippen molar-refractivity contribution in [2.45, 2.75) is 36.4 Å². The molecule has 1 saturated heterocycles. The number of carboxylic acid groups (broad SMARTS) is 1. The van der Waals surface area contributed by atoms with Gasteiger partial charge in [0.2, 0.25) is 0 Å². The first kappa shape index (κ1) is 13.4. The summed E-state index contributed by atoms with van der Waals surface area (Å²) in [6, 6.07) is 9.87. The van der Waals surface area contributed by atoms with Crippen LogP contribution in [0.15, 0.2) is 30.3 Å². The quantitative estimate of drug-likeness (QED) is 0.889. The monoisotopic (exact) mass is 266 g/mol. The first-order valence-electron chi connectivity index (χ1n) is 6.20. The normalized spacial score (nSPS) is 24.9. The highest BCUT2D eigenvalue weighted by molar-refractivity contribution is 8.00. The van der Waals surface area contributed by atoms with Gasteiger partial charge in [0.05, 0.1) is 12.5 Å². The van der Waals surface area contributed by atoms with Crippen molar-refractivity contribution in [3.05, 3.63) is 35.9 Å². The third kappa shape index (κ3) is 3.50. The van der Waals surface area contributed by atoms with Crippen LogP contribution in [0.5, 0.6) is 0 Å². The van der Waals surface area contributed by atoms with Crippen molar-refractivity contribution < 1.29 is 14.6 Å². The summed E-state index contributed by atoms with van der Waals surface area (Å²) < 4.78 is 5.54. The van der Waals surface area contributed by atoms with Crippen LogP contribution in [0.3, 0.4) is 0 Å².